The minimum atomic E-state index is -1.17. The lowest BCUT2D eigenvalue weighted by Crippen LogP contribution is -2.55. The summed E-state index contributed by atoms with van der Waals surface area (Å²) >= 11 is 0. The summed E-state index contributed by atoms with van der Waals surface area (Å²) in [5, 5.41) is 28.8. The highest BCUT2D eigenvalue weighted by Gasteiger charge is 2.33. The SMILES string of the molecule is CC(C)c1ccc(F)c(CCN2C[C@@H](O)C(O)[C@@H](O)C2)c1F. The van der Waals surface area contributed by atoms with E-state index in [-0.39, 0.29) is 31.0 Å². The molecular formula is C16H23F2NO3. The van der Waals surface area contributed by atoms with E-state index < -0.39 is 29.9 Å². The Kier molecular flexibility index (Phi) is 5.50. The van der Waals surface area contributed by atoms with Crippen LogP contribution >= 0.6 is 0 Å². The number of hydrogen-bond acceptors (Lipinski definition) is 4. The van der Waals surface area contributed by atoms with E-state index in [4.69, 9.17) is 0 Å². The Hall–Kier alpha value is -1.08. The van der Waals surface area contributed by atoms with Crippen LogP contribution < -0.4 is 0 Å². The van der Waals surface area contributed by atoms with Crippen LogP contribution in [0.25, 0.3) is 0 Å². The van der Waals surface area contributed by atoms with Crippen molar-refractivity contribution < 1.29 is 24.1 Å². The average Bonchev–Trinajstić information content (AvgIpc) is 2.44. The molecule has 124 valence electrons. The van der Waals surface area contributed by atoms with Crippen molar-refractivity contribution >= 4 is 0 Å². The van der Waals surface area contributed by atoms with E-state index >= 15 is 0 Å². The fraction of sp³-hybridized carbons (Fsp3) is 0.625. The van der Waals surface area contributed by atoms with Crippen molar-refractivity contribution in [1.29, 1.82) is 0 Å². The van der Waals surface area contributed by atoms with Gasteiger partial charge in [-0.15, -0.1) is 0 Å². The Morgan fingerprint density at radius 2 is 1.73 bits per heavy atom. The molecule has 1 aliphatic heterocycles. The molecule has 0 saturated carbocycles. The number of aliphatic hydroxyl groups is 3. The molecule has 1 aliphatic rings. The number of piperidine rings is 1. The Morgan fingerprint density at radius 1 is 1.14 bits per heavy atom. The first kappa shape index (κ1) is 17.3. The predicted octanol–water partition coefficient (Wildman–Crippen LogP) is 1.03. The first-order valence-corrected chi connectivity index (χ1v) is 7.54. The van der Waals surface area contributed by atoms with Gasteiger partial charge in [-0.05, 0) is 24.0 Å². The smallest absolute Gasteiger partial charge is 0.132 e. The van der Waals surface area contributed by atoms with Crippen LogP contribution in [-0.2, 0) is 6.42 Å². The van der Waals surface area contributed by atoms with Gasteiger partial charge in [0, 0.05) is 25.2 Å². The fourth-order valence-electron chi connectivity index (χ4n) is 2.82. The molecule has 1 unspecified atom stereocenters. The lowest BCUT2D eigenvalue weighted by molar-refractivity contribution is -0.109. The van der Waals surface area contributed by atoms with Gasteiger partial charge >= 0.3 is 0 Å². The number of nitrogens with zero attached hydrogens (tertiary/aromatic N) is 1. The van der Waals surface area contributed by atoms with Crippen molar-refractivity contribution in [2.45, 2.75) is 44.5 Å². The van der Waals surface area contributed by atoms with Crippen LogP contribution in [0.5, 0.6) is 0 Å². The van der Waals surface area contributed by atoms with Gasteiger partial charge in [-0.25, -0.2) is 8.78 Å². The van der Waals surface area contributed by atoms with Crippen LogP contribution in [0.3, 0.4) is 0 Å². The summed E-state index contributed by atoms with van der Waals surface area (Å²) in [6, 6.07) is 2.74. The molecule has 0 radical (unpaired) electrons. The van der Waals surface area contributed by atoms with Gasteiger partial charge in [0.2, 0.25) is 0 Å². The van der Waals surface area contributed by atoms with Gasteiger partial charge in [0.1, 0.15) is 17.7 Å². The van der Waals surface area contributed by atoms with Crippen LogP contribution in [0.2, 0.25) is 0 Å². The van der Waals surface area contributed by atoms with E-state index in [1.165, 1.54) is 12.1 Å². The second-order valence-electron chi connectivity index (χ2n) is 6.22. The minimum absolute atomic E-state index is 0.0290. The van der Waals surface area contributed by atoms with E-state index in [0.717, 1.165) is 0 Å². The molecule has 22 heavy (non-hydrogen) atoms. The van der Waals surface area contributed by atoms with Crippen molar-refractivity contribution in [2.75, 3.05) is 19.6 Å². The first-order chi connectivity index (χ1) is 10.3. The highest BCUT2D eigenvalue weighted by Crippen LogP contribution is 2.24. The van der Waals surface area contributed by atoms with E-state index in [0.29, 0.717) is 12.1 Å². The highest BCUT2D eigenvalue weighted by molar-refractivity contribution is 5.30. The molecule has 6 heteroatoms. The Balaban J connectivity index is 2.07. The number of aliphatic hydroxyl groups excluding tert-OH is 3. The molecule has 1 fully saturated rings. The average molecular weight is 315 g/mol. The Bertz CT molecular complexity index is 512. The Morgan fingerprint density at radius 3 is 2.27 bits per heavy atom. The summed E-state index contributed by atoms with van der Waals surface area (Å²) in [7, 11) is 0. The van der Waals surface area contributed by atoms with Crippen LogP contribution in [0.1, 0.15) is 30.9 Å². The molecule has 1 aromatic carbocycles. The van der Waals surface area contributed by atoms with E-state index in [9.17, 15) is 24.1 Å². The molecule has 0 amide bonds. The van der Waals surface area contributed by atoms with Crippen LogP contribution in [0.15, 0.2) is 12.1 Å². The van der Waals surface area contributed by atoms with Crippen molar-refractivity contribution in [3.63, 3.8) is 0 Å². The second-order valence-corrected chi connectivity index (χ2v) is 6.22. The summed E-state index contributed by atoms with van der Waals surface area (Å²) in [5.41, 5.74) is 0.506. The van der Waals surface area contributed by atoms with Gasteiger partial charge < -0.3 is 15.3 Å². The molecule has 2 rings (SSSR count). The molecule has 0 spiro atoms. The number of β-amino-alcohol motifs (C(OH)–C–C–N with tert-alkyl or cyclic N) is 2. The number of benzene rings is 1. The van der Waals surface area contributed by atoms with E-state index in [1.54, 1.807) is 4.90 Å². The van der Waals surface area contributed by atoms with E-state index in [2.05, 4.69) is 0 Å². The number of likely N-dealkylation sites (tertiary alicyclic amines) is 1. The number of hydrogen-bond donors (Lipinski definition) is 3. The molecule has 1 heterocycles. The maximum absolute atomic E-state index is 14.4. The largest absolute Gasteiger partial charge is 0.389 e. The summed E-state index contributed by atoms with van der Waals surface area (Å²) in [4.78, 5) is 1.70. The molecule has 3 atom stereocenters. The predicted molar refractivity (Wildman–Crippen MR) is 78.6 cm³/mol. The monoisotopic (exact) mass is 315 g/mol. The van der Waals surface area contributed by atoms with Gasteiger partial charge in [0.15, 0.2) is 0 Å². The summed E-state index contributed by atoms with van der Waals surface area (Å²) in [6.45, 7) is 4.34. The molecule has 4 nitrogen and oxygen atoms in total. The summed E-state index contributed by atoms with van der Waals surface area (Å²) in [5.74, 6) is -1.14. The minimum Gasteiger partial charge on any atom is -0.389 e. The topological polar surface area (TPSA) is 63.9 Å². The van der Waals surface area contributed by atoms with Gasteiger partial charge in [-0.3, -0.25) is 4.90 Å². The van der Waals surface area contributed by atoms with Crippen molar-refractivity contribution in [1.82, 2.24) is 4.90 Å². The molecule has 0 bridgehead atoms. The standard InChI is InChI=1S/C16H23F2NO3/c1-9(2)10-3-4-12(17)11(15(10)18)5-6-19-7-13(20)16(22)14(21)8-19/h3-4,9,13-14,16,20-22H,5-8H2,1-2H3/t13-,14+,16?. The van der Waals surface area contributed by atoms with Crippen LogP contribution in [0.4, 0.5) is 8.78 Å². The van der Waals surface area contributed by atoms with Gasteiger partial charge in [0.25, 0.3) is 0 Å². The van der Waals surface area contributed by atoms with Gasteiger partial charge in [0.05, 0.1) is 12.2 Å². The Labute approximate surface area is 129 Å². The summed E-state index contributed by atoms with van der Waals surface area (Å²) < 4.78 is 28.2. The third-order valence-corrected chi connectivity index (χ3v) is 4.19. The van der Waals surface area contributed by atoms with E-state index in [1.807, 2.05) is 13.8 Å². The van der Waals surface area contributed by atoms with Gasteiger partial charge in [-0.1, -0.05) is 19.9 Å². The van der Waals surface area contributed by atoms with Crippen molar-refractivity contribution in [2.24, 2.45) is 0 Å². The number of rotatable bonds is 4. The normalized spacial score (nSPS) is 26.6. The van der Waals surface area contributed by atoms with Gasteiger partial charge in [-0.2, -0.15) is 0 Å². The van der Waals surface area contributed by atoms with Crippen molar-refractivity contribution in [3.8, 4) is 0 Å². The molecular weight excluding hydrogens is 292 g/mol. The lowest BCUT2D eigenvalue weighted by atomic mass is 9.97. The summed E-state index contributed by atoms with van der Waals surface area (Å²) in [6.07, 6.45) is -3.14. The molecule has 1 aromatic rings. The lowest BCUT2D eigenvalue weighted by Gasteiger charge is -2.36. The maximum Gasteiger partial charge on any atom is 0.132 e. The third kappa shape index (κ3) is 3.63. The third-order valence-electron chi connectivity index (χ3n) is 4.19. The first-order valence-electron chi connectivity index (χ1n) is 7.54. The molecule has 1 saturated heterocycles. The van der Waals surface area contributed by atoms with Crippen molar-refractivity contribution in [3.05, 3.63) is 34.9 Å². The highest BCUT2D eigenvalue weighted by atomic mass is 19.1. The fourth-order valence-corrected chi connectivity index (χ4v) is 2.82. The maximum atomic E-state index is 14.4. The zero-order valence-corrected chi connectivity index (χ0v) is 12.8. The molecule has 0 aliphatic carbocycles. The quantitative estimate of drug-likeness (QED) is 0.776. The second kappa shape index (κ2) is 7.00. The zero-order valence-electron chi connectivity index (χ0n) is 12.8. The molecule has 3 N–H and O–H groups in total. The molecule has 0 aromatic heterocycles. The number of halogens is 2. The van der Waals surface area contributed by atoms with Crippen LogP contribution in [-0.4, -0.2) is 58.2 Å². The zero-order chi connectivity index (χ0) is 16.4. The van der Waals surface area contributed by atoms with Crippen LogP contribution in [0, 0.1) is 11.6 Å².